The first-order chi connectivity index (χ1) is 9.92. The summed E-state index contributed by atoms with van der Waals surface area (Å²) in [5.74, 6) is -0.674. The summed E-state index contributed by atoms with van der Waals surface area (Å²) in [4.78, 5) is 21.8. The molecule has 0 atom stereocenters. The second-order valence-corrected chi connectivity index (χ2v) is 6.05. The third kappa shape index (κ3) is 3.58. The van der Waals surface area contributed by atoms with Crippen molar-refractivity contribution in [3.05, 3.63) is 44.6 Å². The number of thiazole rings is 1. The van der Waals surface area contributed by atoms with Crippen LogP contribution in [0.25, 0.3) is 0 Å². The van der Waals surface area contributed by atoms with Gasteiger partial charge in [-0.1, -0.05) is 17.4 Å². The highest BCUT2D eigenvalue weighted by molar-refractivity contribution is 9.10. The number of hydroxylamine groups is 2. The summed E-state index contributed by atoms with van der Waals surface area (Å²) in [6.45, 7) is 1.98. The number of benzene rings is 1. The monoisotopic (exact) mass is 373 g/mol. The number of aryl methyl sites for hydroxylation is 1. The lowest BCUT2D eigenvalue weighted by Gasteiger charge is -2.20. The Bertz CT molecular complexity index is 677. The van der Waals surface area contributed by atoms with Crippen LogP contribution in [-0.4, -0.2) is 23.1 Å². The molecule has 112 valence electrons. The standard InChI is InChI=1S/C13H13BrFN3O2S/c1-7-5-9(15)4-3-8(7)6-18(20-2)12(19)10-11(14)17-13(16)21-10/h3-5H,6H2,1-2H3,(H2,16,17). The van der Waals surface area contributed by atoms with Gasteiger partial charge in [0.25, 0.3) is 5.91 Å². The normalized spacial score (nSPS) is 10.7. The molecule has 5 nitrogen and oxygen atoms in total. The average Bonchev–Trinajstić information content (AvgIpc) is 2.76. The number of carbonyl (C=O) groups excluding carboxylic acids is 1. The van der Waals surface area contributed by atoms with Gasteiger partial charge in [-0.25, -0.2) is 14.4 Å². The summed E-state index contributed by atoms with van der Waals surface area (Å²) < 4.78 is 13.5. The molecule has 2 N–H and O–H groups in total. The molecular weight excluding hydrogens is 361 g/mol. The number of aromatic nitrogens is 1. The van der Waals surface area contributed by atoms with Crippen LogP contribution in [0.5, 0.6) is 0 Å². The average molecular weight is 374 g/mol. The third-order valence-corrected chi connectivity index (χ3v) is 4.57. The van der Waals surface area contributed by atoms with Gasteiger partial charge in [-0.3, -0.25) is 9.63 Å². The minimum absolute atomic E-state index is 0.200. The Kier molecular flexibility index (Phi) is 4.92. The Balaban J connectivity index is 2.23. The minimum atomic E-state index is -0.359. The van der Waals surface area contributed by atoms with Crippen molar-refractivity contribution < 1.29 is 14.0 Å². The highest BCUT2D eigenvalue weighted by Gasteiger charge is 2.22. The molecule has 0 aliphatic carbocycles. The molecule has 0 saturated carbocycles. The van der Waals surface area contributed by atoms with Crippen molar-refractivity contribution >= 4 is 38.3 Å². The van der Waals surface area contributed by atoms with Gasteiger partial charge in [0.1, 0.15) is 15.3 Å². The molecule has 0 radical (unpaired) electrons. The molecule has 1 aromatic carbocycles. The highest BCUT2D eigenvalue weighted by Crippen LogP contribution is 2.27. The molecule has 0 bridgehead atoms. The number of halogens is 2. The molecule has 2 aromatic rings. The number of nitrogen functional groups attached to an aromatic ring is 1. The molecule has 2 rings (SSSR count). The number of anilines is 1. The Morgan fingerprint density at radius 1 is 1.57 bits per heavy atom. The summed E-state index contributed by atoms with van der Waals surface area (Å²) in [5.41, 5.74) is 7.11. The van der Waals surface area contributed by atoms with Crippen LogP contribution in [-0.2, 0) is 11.4 Å². The summed E-state index contributed by atoms with van der Waals surface area (Å²) in [6.07, 6.45) is 0. The van der Waals surface area contributed by atoms with E-state index in [1.54, 1.807) is 13.0 Å². The first-order valence-electron chi connectivity index (χ1n) is 5.95. The molecule has 1 aromatic heterocycles. The van der Waals surface area contributed by atoms with Gasteiger partial charge in [0.15, 0.2) is 5.13 Å². The third-order valence-electron chi connectivity index (χ3n) is 2.86. The van der Waals surface area contributed by atoms with Crippen LogP contribution in [0.2, 0.25) is 0 Å². The number of amides is 1. The fraction of sp³-hybridized carbons (Fsp3) is 0.231. The first-order valence-corrected chi connectivity index (χ1v) is 7.56. The lowest BCUT2D eigenvalue weighted by Crippen LogP contribution is -2.29. The van der Waals surface area contributed by atoms with E-state index in [0.29, 0.717) is 14.6 Å². The van der Waals surface area contributed by atoms with E-state index >= 15 is 0 Å². The molecule has 21 heavy (non-hydrogen) atoms. The number of nitrogens with two attached hydrogens (primary N) is 1. The van der Waals surface area contributed by atoms with Crippen molar-refractivity contribution in [2.75, 3.05) is 12.8 Å². The summed E-state index contributed by atoms with van der Waals surface area (Å²) in [6, 6.07) is 4.38. The molecule has 0 saturated heterocycles. The molecule has 8 heteroatoms. The maximum Gasteiger partial charge on any atom is 0.290 e. The van der Waals surface area contributed by atoms with E-state index in [0.717, 1.165) is 22.5 Å². The predicted molar refractivity (Wildman–Crippen MR) is 82.2 cm³/mol. The smallest absolute Gasteiger partial charge is 0.290 e. The molecule has 0 spiro atoms. The van der Waals surface area contributed by atoms with E-state index in [1.165, 1.54) is 24.3 Å². The number of hydrogen-bond acceptors (Lipinski definition) is 5. The SMILES string of the molecule is CON(Cc1ccc(F)cc1C)C(=O)c1sc(N)nc1Br. The maximum atomic E-state index is 13.1. The molecule has 0 aliphatic rings. The van der Waals surface area contributed by atoms with Gasteiger partial charge in [0, 0.05) is 0 Å². The van der Waals surface area contributed by atoms with Crippen LogP contribution in [0.3, 0.4) is 0 Å². The number of carbonyl (C=O) groups is 1. The van der Waals surface area contributed by atoms with Crippen molar-refractivity contribution in [3.8, 4) is 0 Å². The van der Waals surface area contributed by atoms with Crippen LogP contribution < -0.4 is 5.73 Å². The van der Waals surface area contributed by atoms with E-state index in [4.69, 9.17) is 10.6 Å². The van der Waals surface area contributed by atoms with E-state index < -0.39 is 0 Å². The van der Waals surface area contributed by atoms with Gasteiger partial charge >= 0.3 is 0 Å². The Morgan fingerprint density at radius 2 is 2.29 bits per heavy atom. The van der Waals surface area contributed by atoms with Crippen molar-refractivity contribution in [1.82, 2.24) is 10.0 Å². The van der Waals surface area contributed by atoms with Crippen molar-refractivity contribution in [1.29, 1.82) is 0 Å². The molecular formula is C13H13BrFN3O2S. The molecule has 0 aliphatic heterocycles. The largest absolute Gasteiger partial charge is 0.375 e. The van der Waals surface area contributed by atoms with Gasteiger partial charge in [0.2, 0.25) is 0 Å². The van der Waals surface area contributed by atoms with E-state index in [1.807, 2.05) is 0 Å². The lowest BCUT2D eigenvalue weighted by molar-refractivity contribution is -0.101. The summed E-state index contributed by atoms with van der Waals surface area (Å²) >= 11 is 4.26. The summed E-state index contributed by atoms with van der Waals surface area (Å²) in [5, 5.41) is 1.47. The molecule has 0 fully saturated rings. The Morgan fingerprint density at radius 3 is 2.81 bits per heavy atom. The number of nitrogens with zero attached hydrogens (tertiary/aromatic N) is 2. The van der Waals surface area contributed by atoms with Crippen LogP contribution in [0.1, 0.15) is 20.8 Å². The van der Waals surface area contributed by atoms with Gasteiger partial charge < -0.3 is 5.73 Å². The predicted octanol–water partition coefficient (Wildman–Crippen LogP) is 3.14. The quantitative estimate of drug-likeness (QED) is 0.835. The van der Waals surface area contributed by atoms with Crippen LogP contribution in [0.4, 0.5) is 9.52 Å². The van der Waals surface area contributed by atoms with Crippen molar-refractivity contribution in [3.63, 3.8) is 0 Å². The number of hydrogen-bond donors (Lipinski definition) is 1. The van der Waals surface area contributed by atoms with Gasteiger partial charge in [-0.2, -0.15) is 0 Å². The molecule has 1 amide bonds. The fourth-order valence-corrected chi connectivity index (χ4v) is 3.16. The maximum absolute atomic E-state index is 13.1. The van der Waals surface area contributed by atoms with Gasteiger partial charge in [-0.05, 0) is 46.1 Å². The van der Waals surface area contributed by atoms with Crippen molar-refractivity contribution in [2.24, 2.45) is 0 Å². The Labute approximate surface area is 133 Å². The van der Waals surface area contributed by atoms with Crippen LogP contribution in [0, 0.1) is 12.7 Å². The van der Waals surface area contributed by atoms with E-state index in [-0.39, 0.29) is 18.3 Å². The van der Waals surface area contributed by atoms with Crippen LogP contribution in [0.15, 0.2) is 22.8 Å². The second-order valence-electron chi connectivity index (χ2n) is 4.27. The molecule has 0 unspecified atom stereocenters. The summed E-state index contributed by atoms with van der Waals surface area (Å²) in [7, 11) is 1.40. The zero-order valence-corrected chi connectivity index (χ0v) is 13.8. The fourth-order valence-electron chi connectivity index (χ4n) is 1.77. The van der Waals surface area contributed by atoms with E-state index in [9.17, 15) is 9.18 Å². The zero-order chi connectivity index (χ0) is 15.6. The first kappa shape index (κ1) is 15.9. The minimum Gasteiger partial charge on any atom is -0.375 e. The highest BCUT2D eigenvalue weighted by atomic mass is 79.9. The van der Waals surface area contributed by atoms with Gasteiger partial charge in [-0.15, -0.1) is 0 Å². The van der Waals surface area contributed by atoms with Gasteiger partial charge in [0.05, 0.1) is 13.7 Å². The zero-order valence-electron chi connectivity index (χ0n) is 11.4. The lowest BCUT2D eigenvalue weighted by atomic mass is 10.1. The Hall–Kier alpha value is -1.51. The van der Waals surface area contributed by atoms with E-state index in [2.05, 4.69) is 20.9 Å². The second kappa shape index (κ2) is 6.50. The number of rotatable bonds is 4. The van der Waals surface area contributed by atoms with Crippen LogP contribution >= 0.6 is 27.3 Å². The topological polar surface area (TPSA) is 68.5 Å². The molecule has 1 heterocycles. The van der Waals surface area contributed by atoms with Crippen molar-refractivity contribution in [2.45, 2.75) is 13.5 Å².